The average molecular weight is 503 g/mol. The van der Waals surface area contributed by atoms with Crippen LogP contribution < -0.4 is 5.32 Å². The first-order valence-corrected chi connectivity index (χ1v) is 12.5. The van der Waals surface area contributed by atoms with Gasteiger partial charge in [0.05, 0.1) is 27.9 Å². The van der Waals surface area contributed by atoms with Gasteiger partial charge in [0, 0.05) is 24.8 Å². The van der Waals surface area contributed by atoms with E-state index in [1.54, 1.807) is 35.1 Å². The molecule has 0 fully saturated rings. The van der Waals surface area contributed by atoms with Crippen molar-refractivity contribution >= 4 is 56.0 Å². The van der Waals surface area contributed by atoms with Gasteiger partial charge >= 0.3 is 0 Å². The van der Waals surface area contributed by atoms with E-state index in [0.717, 1.165) is 15.4 Å². The Kier molecular flexibility index (Phi) is 6.66. The van der Waals surface area contributed by atoms with Crippen molar-refractivity contribution in [2.75, 3.05) is 25.2 Å². The summed E-state index contributed by atoms with van der Waals surface area (Å²) in [5.41, 5.74) is 1.93. The second kappa shape index (κ2) is 9.48. The molecule has 0 aliphatic rings. The predicted molar refractivity (Wildman–Crippen MR) is 128 cm³/mol. The summed E-state index contributed by atoms with van der Waals surface area (Å²) >= 11 is 7.22. The lowest BCUT2D eigenvalue weighted by Gasteiger charge is -2.12. The van der Waals surface area contributed by atoms with E-state index in [1.165, 1.54) is 44.3 Å². The molecule has 0 atom stereocenters. The first-order chi connectivity index (χ1) is 15.8. The van der Waals surface area contributed by atoms with Gasteiger partial charge in [0.25, 0.3) is 0 Å². The molecule has 1 amide bonds. The average Bonchev–Trinajstić information content (AvgIpc) is 3.23. The van der Waals surface area contributed by atoms with Crippen LogP contribution in [0.2, 0.25) is 5.02 Å². The van der Waals surface area contributed by atoms with Gasteiger partial charge in [0.2, 0.25) is 15.9 Å². The Balaban J connectivity index is 1.44. The number of fused-ring (bicyclic) bond motifs is 1. The monoisotopic (exact) mass is 502 g/mol. The van der Waals surface area contributed by atoms with Crippen LogP contribution in [0.3, 0.4) is 0 Å². The number of thioether (sulfide) groups is 1. The maximum atomic E-state index is 12.4. The van der Waals surface area contributed by atoms with Gasteiger partial charge in [-0.2, -0.15) is 5.10 Å². The summed E-state index contributed by atoms with van der Waals surface area (Å²) in [5, 5.41) is 9.13. The van der Waals surface area contributed by atoms with Crippen molar-refractivity contribution in [1.29, 1.82) is 0 Å². The van der Waals surface area contributed by atoms with Crippen LogP contribution >= 0.6 is 23.4 Å². The van der Waals surface area contributed by atoms with Crippen LogP contribution in [-0.4, -0.2) is 58.2 Å². The van der Waals surface area contributed by atoms with E-state index in [4.69, 9.17) is 11.6 Å². The fraction of sp³-hybridized carbons (Fsp3) is 0.143. The third-order valence-electron chi connectivity index (χ3n) is 4.66. The molecule has 12 heteroatoms. The molecule has 0 saturated heterocycles. The number of hydrogen-bond acceptors (Lipinski definition) is 7. The van der Waals surface area contributed by atoms with Crippen molar-refractivity contribution < 1.29 is 13.2 Å². The number of carbonyl (C=O) groups excluding carboxylic acids is 1. The summed E-state index contributed by atoms with van der Waals surface area (Å²) in [4.78, 5) is 21.2. The highest BCUT2D eigenvalue weighted by atomic mass is 35.5. The number of aromatic nitrogens is 4. The number of nitrogens with one attached hydrogen (secondary N) is 1. The van der Waals surface area contributed by atoms with Crippen molar-refractivity contribution in [3.05, 3.63) is 66.1 Å². The van der Waals surface area contributed by atoms with Crippen LogP contribution in [0.15, 0.2) is 71.0 Å². The van der Waals surface area contributed by atoms with E-state index in [0.29, 0.717) is 21.4 Å². The SMILES string of the molecule is CN(C)S(=O)(=O)c1ccc(NC(=O)CSc2ncnc3c2cnn3-c2ccc(Cl)cc2)cc1. The van der Waals surface area contributed by atoms with Gasteiger partial charge in [-0.1, -0.05) is 23.4 Å². The van der Waals surface area contributed by atoms with Crippen LogP contribution in [0.1, 0.15) is 0 Å². The maximum Gasteiger partial charge on any atom is 0.242 e. The minimum Gasteiger partial charge on any atom is -0.325 e. The summed E-state index contributed by atoms with van der Waals surface area (Å²) in [6.07, 6.45) is 3.09. The van der Waals surface area contributed by atoms with E-state index in [9.17, 15) is 13.2 Å². The molecule has 2 aromatic heterocycles. The van der Waals surface area contributed by atoms with Gasteiger partial charge in [-0.15, -0.1) is 0 Å². The molecule has 0 unspecified atom stereocenters. The summed E-state index contributed by atoms with van der Waals surface area (Å²) < 4.78 is 27.1. The van der Waals surface area contributed by atoms with Gasteiger partial charge in [0.15, 0.2) is 5.65 Å². The van der Waals surface area contributed by atoms with E-state index in [2.05, 4.69) is 20.4 Å². The van der Waals surface area contributed by atoms with Crippen LogP contribution in [-0.2, 0) is 14.8 Å². The molecule has 0 aliphatic heterocycles. The third kappa shape index (κ3) is 5.01. The van der Waals surface area contributed by atoms with E-state index in [1.807, 2.05) is 12.1 Å². The van der Waals surface area contributed by atoms with Crippen molar-refractivity contribution in [1.82, 2.24) is 24.1 Å². The molecule has 4 rings (SSSR count). The number of amides is 1. The van der Waals surface area contributed by atoms with Gasteiger partial charge in [0.1, 0.15) is 11.4 Å². The number of nitrogens with zero attached hydrogens (tertiary/aromatic N) is 5. The fourth-order valence-electron chi connectivity index (χ4n) is 2.96. The van der Waals surface area contributed by atoms with Gasteiger partial charge in [-0.05, 0) is 48.5 Å². The Labute approximate surface area is 199 Å². The Morgan fingerprint density at radius 2 is 1.79 bits per heavy atom. The highest BCUT2D eigenvalue weighted by Crippen LogP contribution is 2.26. The Bertz CT molecular complexity index is 1400. The molecule has 33 heavy (non-hydrogen) atoms. The molecule has 2 aromatic carbocycles. The molecule has 0 spiro atoms. The van der Waals surface area contributed by atoms with Gasteiger partial charge in [-0.25, -0.2) is 27.4 Å². The molecule has 170 valence electrons. The smallest absolute Gasteiger partial charge is 0.242 e. The Morgan fingerprint density at radius 1 is 1.09 bits per heavy atom. The minimum absolute atomic E-state index is 0.107. The number of rotatable bonds is 7. The zero-order valence-electron chi connectivity index (χ0n) is 17.6. The van der Waals surface area contributed by atoms with Gasteiger partial charge < -0.3 is 5.32 Å². The molecule has 0 radical (unpaired) electrons. The van der Waals surface area contributed by atoms with Crippen molar-refractivity contribution in [2.24, 2.45) is 0 Å². The number of carbonyl (C=O) groups is 1. The highest BCUT2D eigenvalue weighted by molar-refractivity contribution is 8.00. The van der Waals surface area contributed by atoms with E-state index >= 15 is 0 Å². The quantitative estimate of drug-likeness (QED) is 0.304. The molecule has 0 saturated carbocycles. The second-order valence-corrected chi connectivity index (χ2v) is 10.6. The molecular weight excluding hydrogens is 484 g/mol. The Morgan fingerprint density at radius 3 is 2.45 bits per heavy atom. The summed E-state index contributed by atoms with van der Waals surface area (Å²) in [6.45, 7) is 0. The fourth-order valence-corrected chi connectivity index (χ4v) is 4.75. The van der Waals surface area contributed by atoms with Crippen LogP contribution in [0, 0.1) is 0 Å². The van der Waals surface area contributed by atoms with E-state index in [-0.39, 0.29) is 16.6 Å². The second-order valence-electron chi connectivity index (χ2n) is 7.10. The Hall–Kier alpha value is -2.99. The first-order valence-electron chi connectivity index (χ1n) is 9.65. The molecule has 2 heterocycles. The lowest BCUT2D eigenvalue weighted by Crippen LogP contribution is -2.22. The van der Waals surface area contributed by atoms with Crippen LogP contribution in [0.5, 0.6) is 0 Å². The topological polar surface area (TPSA) is 110 Å². The maximum absolute atomic E-state index is 12.4. The third-order valence-corrected chi connectivity index (χ3v) is 7.74. The largest absolute Gasteiger partial charge is 0.325 e. The number of sulfonamides is 1. The molecule has 1 N–H and O–H groups in total. The van der Waals surface area contributed by atoms with Crippen LogP contribution in [0.4, 0.5) is 5.69 Å². The summed E-state index contributed by atoms with van der Waals surface area (Å²) in [6, 6.07) is 13.2. The van der Waals surface area contributed by atoms with Crippen LogP contribution in [0.25, 0.3) is 16.7 Å². The van der Waals surface area contributed by atoms with Crippen molar-refractivity contribution in [2.45, 2.75) is 9.92 Å². The number of benzene rings is 2. The zero-order valence-corrected chi connectivity index (χ0v) is 20.0. The number of anilines is 1. The minimum atomic E-state index is -3.52. The predicted octanol–water partition coefficient (Wildman–Crippen LogP) is 3.45. The molecular formula is C21H19ClN6O3S2. The molecule has 9 nitrogen and oxygen atoms in total. The summed E-state index contributed by atoms with van der Waals surface area (Å²) in [5.74, 6) is -0.143. The number of halogens is 1. The van der Waals surface area contributed by atoms with Gasteiger partial charge in [-0.3, -0.25) is 4.79 Å². The molecule has 0 bridgehead atoms. The highest BCUT2D eigenvalue weighted by Gasteiger charge is 2.17. The standard InChI is InChI=1S/C21H19ClN6O3S2/c1-27(2)33(30,31)17-9-5-15(6-10-17)26-19(29)12-32-21-18-11-25-28(20(18)23-13-24-21)16-7-3-14(22)4-8-16/h3-11,13H,12H2,1-2H3,(H,26,29). The molecule has 0 aliphatic carbocycles. The normalized spacial score (nSPS) is 11.8. The van der Waals surface area contributed by atoms with Crippen molar-refractivity contribution in [3.63, 3.8) is 0 Å². The van der Waals surface area contributed by atoms with Crippen molar-refractivity contribution in [3.8, 4) is 5.69 Å². The first kappa shape index (κ1) is 23.2. The molecule has 4 aromatic rings. The summed E-state index contributed by atoms with van der Waals surface area (Å²) in [7, 11) is -0.594. The lowest BCUT2D eigenvalue weighted by atomic mass is 10.3. The lowest BCUT2D eigenvalue weighted by molar-refractivity contribution is -0.113. The number of hydrogen-bond donors (Lipinski definition) is 1. The zero-order chi connectivity index (χ0) is 23.6. The van der Waals surface area contributed by atoms with E-state index < -0.39 is 10.0 Å².